The van der Waals surface area contributed by atoms with Gasteiger partial charge in [-0.25, -0.2) is 0 Å². The number of carboxylic acids is 1. The molecule has 0 bridgehead atoms. The largest absolute Gasteiger partial charge is 0.481 e. The van der Waals surface area contributed by atoms with Gasteiger partial charge in [-0.15, -0.1) is 11.3 Å². The minimum absolute atomic E-state index is 0.0913. The summed E-state index contributed by atoms with van der Waals surface area (Å²) in [6.07, 6.45) is 3.04. The number of halogens is 1. The van der Waals surface area contributed by atoms with E-state index in [4.69, 9.17) is 4.84 Å². The maximum absolute atomic E-state index is 12.4. The lowest BCUT2D eigenvalue weighted by atomic mass is 9.49. The molecule has 35 heavy (non-hydrogen) atoms. The summed E-state index contributed by atoms with van der Waals surface area (Å²) >= 11 is 5.16. The van der Waals surface area contributed by atoms with E-state index < -0.39 is 11.4 Å². The van der Waals surface area contributed by atoms with E-state index >= 15 is 0 Å². The molecule has 3 atom stereocenters. The Morgan fingerprint density at radius 1 is 1.31 bits per heavy atom. The minimum Gasteiger partial charge on any atom is -0.481 e. The van der Waals surface area contributed by atoms with Crippen molar-refractivity contribution in [1.29, 1.82) is 0 Å². The van der Waals surface area contributed by atoms with Crippen molar-refractivity contribution in [3.8, 4) is 0 Å². The van der Waals surface area contributed by atoms with Crippen molar-refractivity contribution in [2.75, 3.05) is 13.2 Å². The number of hydrogen-bond donors (Lipinski definition) is 2. The highest BCUT2D eigenvalue weighted by molar-refractivity contribution is 9.10. The van der Waals surface area contributed by atoms with E-state index in [0.717, 1.165) is 34.2 Å². The summed E-state index contributed by atoms with van der Waals surface area (Å²) < 4.78 is 1.05. The number of carboxylic acid groups (broad SMARTS) is 1. The number of thiophene rings is 1. The predicted octanol–water partition coefficient (Wildman–Crippen LogP) is 6.34. The Hall–Kier alpha value is -2.19. The lowest BCUT2D eigenvalue weighted by molar-refractivity contribution is -0.156. The summed E-state index contributed by atoms with van der Waals surface area (Å²) in [5, 5.41) is 19.4. The molecule has 1 amide bonds. The molecule has 0 unspecified atom stereocenters. The van der Waals surface area contributed by atoms with Gasteiger partial charge in [-0.1, -0.05) is 54.3 Å². The highest BCUT2D eigenvalue weighted by Gasteiger charge is 2.56. The van der Waals surface area contributed by atoms with Gasteiger partial charge in [0, 0.05) is 10.0 Å². The number of hydrogen-bond acceptors (Lipinski definition) is 5. The number of carbonyl (C=O) groups is 2. The smallest absolute Gasteiger partial charge is 0.309 e. The SMILES string of the molecule is CC(C)c1cc2c(cc1Br)[C@@]1(C)CCC[C@@](C)(C(=O)O)[C@@H]1C/C2=N\OCCNC(=O)c1cccs1. The van der Waals surface area contributed by atoms with Crippen LogP contribution in [0.2, 0.25) is 0 Å². The van der Waals surface area contributed by atoms with Gasteiger partial charge in [0.25, 0.3) is 5.91 Å². The molecule has 1 aromatic carbocycles. The van der Waals surface area contributed by atoms with E-state index in [1.807, 2.05) is 18.4 Å². The molecular formula is C27H33BrN2O4S. The molecule has 0 spiro atoms. The van der Waals surface area contributed by atoms with Gasteiger partial charge < -0.3 is 15.3 Å². The monoisotopic (exact) mass is 560 g/mol. The molecule has 0 aliphatic heterocycles. The fourth-order valence-corrected chi connectivity index (χ4v) is 7.31. The van der Waals surface area contributed by atoms with Crippen molar-refractivity contribution < 1.29 is 19.5 Å². The average molecular weight is 562 g/mol. The quantitative estimate of drug-likeness (QED) is 0.305. The summed E-state index contributed by atoms with van der Waals surface area (Å²) in [6, 6.07) is 8.00. The number of oxime groups is 1. The van der Waals surface area contributed by atoms with Gasteiger partial charge in [0.15, 0.2) is 0 Å². The molecular weight excluding hydrogens is 528 g/mol. The topological polar surface area (TPSA) is 88.0 Å². The number of benzene rings is 1. The van der Waals surface area contributed by atoms with Crippen LogP contribution in [0.4, 0.5) is 0 Å². The van der Waals surface area contributed by atoms with Gasteiger partial charge in [-0.3, -0.25) is 9.59 Å². The third kappa shape index (κ3) is 4.79. The van der Waals surface area contributed by atoms with Gasteiger partial charge >= 0.3 is 5.97 Å². The molecule has 4 rings (SSSR count). The van der Waals surface area contributed by atoms with E-state index in [0.29, 0.717) is 30.2 Å². The lowest BCUT2D eigenvalue weighted by Gasteiger charge is -2.53. The zero-order valence-electron chi connectivity index (χ0n) is 20.7. The fourth-order valence-electron chi connectivity index (χ4n) is 5.87. The molecule has 2 aliphatic rings. The van der Waals surface area contributed by atoms with E-state index in [2.05, 4.69) is 59.3 Å². The molecule has 1 fully saturated rings. The number of amides is 1. The maximum atomic E-state index is 12.4. The van der Waals surface area contributed by atoms with Gasteiger partial charge in [-0.05, 0) is 78.1 Å². The van der Waals surface area contributed by atoms with E-state index in [1.54, 1.807) is 6.07 Å². The van der Waals surface area contributed by atoms with Crippen molar-refractivity contribution in [3.05, 3.63) is 55.7 Å². The molecule has 0 radical (unpaired) electrons. The molecule has 0 saturated heterocycles. The van der Waals surface area contributed by atoms with Crippen molar-refractivity contribution in [2.45, 2.75) is 64.7 Å². The minimum atomic E-state index is -0.830. The van der Waals surface area contributed by atoms with Gasteiger partial charge in [0.1, 0.15) is 6.61 Å². The first kappa shape index (κ1) is 25.9. The molecule has 6 nitrogen and oxygen atoms in total. The number of rotatable bonds is 7. The Kier molecular flexibility index (Phi) is 7.44. The highest BCUT2D eigenvalue weighted by atomic mass is 79.9. The molecule has 1 saturated carbocycles. The standard InChI is InChI=1S/C27H33BrN2O4S/c1-16(2)17-13-18-19(14-20(17)28)26(3)8-6-9-27(4,25(32)33)23(26)15-21(18)30-34-11-10-29-24(31)22-7-5-12-35-22/h5,7,12-14,16,23H,6,8-11,15H2,1-4H3,(H,29,31)(H,32,33)/b30-21+/t23-,26-,27-/m1/s1. The summed E-state index contributed by atoms with van der Waals surface area (Å²) in [6.45, 7) is 9.00. The molecule has 2 N–H and O–H groups in total. The van der Waals surface area contributed by atoms with Crippen LogP contribution in [0, 0.1) is 11.3 Å². The van der Waals surface area contributed by atoms with Crippen LogP contribution in [-0.4, -0.2) is 35.8 Å². The Labute approximate surface area is 219 Å². The van der Waals surface area contributed by atoms with Crippen molar-refractivity contribution in [1.82, 2.24) is 5.32 Å². The Morgan fingerprint density at radius 3 is 2.74 bits per heavy atom. The Bertz CT molecular complexity index is 1150. The number of nitrogens with zero attached hydrogens (tertiary/aromatic N) is 1. The van der Waals surface area contributed by atoms with Crippen molar-refractivity contribution in [2.24, 2.45) is 16.5 Å². The molecule has 2 aromatic rings. The van der Waals surface area contributed by atoms with E-state index in [-0.39, 0.29) is 23.8 Å². The Morgan fingerprint density at radius 2 is 2.09 bits per heavy atom. The summed E-state index contributed by atoms with van der Waals surface area (Å²) in [5.74, 6) is -0.635. The van der Waals surface area contributed by atoms with Crippen molar-refractivity contribution in [3.63, 3.8) is 0 Å². The number of aliphatic carboxylic acids is 1. The highest BCUT2D eigenvalue weighted by Crippen LogP contribution is 2.58. The van der Waals surface area contributed by atoms with Crippen LogP contribution >= 0.6 is 27.3 Å². The molecule has 2 aliphatic carbocycles. The van der Waals surface area contributed by atoms with Crippen LogP contribution in [-0.2, 0) is 15.0 Å². The lowest BCUT2D eigenvalue weighted by Crippen LogP contribution is -2.53. The van der Waals surface area contributed by atoms with Crippen LogP contribution in [0.15, 0.2) is 39.3 Å². The third-order valence-corrected chi connectivity index (χ3v) is 9.46. The summed E-state index contributed by atoms with van der Waals surface area (Å²) in [7, 11) is 0. The first-order valence-electron chi connectivity index (χ1n) is 12.2. The van der Waals surface area contributed by atoms with Crippen molar-refractivity contribution >= 4 is 44.9 Å². The Balaban J connectivity index is 1.63. The first-order valence-corrected chi connectivity index (χ1v) is 13.8. The zero-order valence-corrected chi connectivity index (χ0v) is 23.1. The number of carbonyl (C=O) groups excluding carboxylic acids is 1. The summed E-state index contributed by atoms with van der Waals surface area (Å²) in [5.41, 5.74) is 3.09. The summed E-state index contributed by atoms with van der Waals surface area (Å²) in [4.78, 5) is 30.9. The van der Waals surface area contributed by atoms with Gasteiger partial charge in [0.2, 0.25) is 0 Å². The van der Waals surface area contributed by atoms with Gasteiger partial charge in [0.05, 0.1) is 22.5 Å². The van der Waals surface area contributed by atoms with Crippen LogP contribution in [0.25, 0.3) is 0 Å². The van der Waals surface area contributed by atoms with Gasteiger partial charge in [-0.2, -0.15) is 0 Å². The second kappa shape index (κ2) is 10.1. The fraction of sp³-hybridized carbons (Fsp3) is 0.519. The van der Waals surface area contributed by atoms with Crippen LogP contribution < -0.4 is 5.32 Å². The number of nitrogens with one attached hydrogen (secondary N) is 1. The van der Waals surface area contributed by atoms with Crippen LogP contribution in [0.5, 0.6) is 0 Å². The molecule has 8 heteroatoms. The first-order chi connectivity index (χ1) is 16.6. The van der Waals surface area contributed by atoms with E-state index in [9.17, 15) is 14.7 Å². The zero-order chi connectivity index (χ0) is 25.4. The molecule has 1 aromatic heterocycles. The second-order valence-corrected chi connectivity index (χ2v) is 12.2. The molecule has 1 heterocycles. The second-order valence-electron chi connectivity index (χ2n) is 10.4. The third-order valence-electron chi connectivity index (χ3n) is 7.90. The normalized spacial score (nSPS) is 26.8. The average Bonchev–Trinajstić information content (AvgIpc) is 3.34. The number of fused-ring (bicyclic) bond motifs is 3. The van der Waals surface area contributed by atoms with Crippen LogP contribution in [0.3, 0.4) is 0 Å². The van der Waals surface area contributed by atoms with E-state index in [1.165, 1.54) is 16.9 Å². The van der Waals surface area contributed by atoms with Crippen LogP contribution in [0.1, 0.15) is 85.7 Å². The molecule has 188 valence electrons. The maximum Gasteiger partial charge on any atom is 0.309 e. The predicted molar refractivity (Wildman–Crippen MR) is 142 cm³/mol.